The first-order valence-electron chi connectivity index (χ1n) is 4.83. The topological polar surface area (TPSA) is 26.3 Å². The van der Waals surface area contributed by atoms with Gasteiger partial charge in [-0.1, -0.05) is 31.4 Å². The summed E-state index contributed by atoms with van der Waals surface area (Å²) in [4.78, 5) is 11.6. The smallest absolute Gasteiger partial charge is 0.316 e. The van der Waals surface area contributed by atoms with E-state index in [1.165, 1.54) is 0 Å². The SMILES string of the molecule is CC12CCCCC1C(=O)OC(Cl)=C2Cl. The van der Waals surface area contributed by atoms with Crippen LogP contribution in [0.1, 0.15) is 32.6 Å². The van der Waals surface area contributed by atoms with Crippen molar-refractivity contribution in [3.05, 3.63) is 10.3 Å². The fourth-order valence-electron chi connectivity index (χ4n) is 2.40. The molecule has 1 saturated carbocycles. The van der Waals surface area contributed by atoms with Gasteiger partial charge in [-0.25, -0.2) is 0 Å². The van der Waals surface area contributed by atoms with E-state index in [2.05, 4.69) is 0 Å². The number of fused-ring (bicyclic) bond motifs is 1. The van der Waals surface area contributed by atoms with Crippen molar-refractivity contribution in [2.24, 2.45) is 11.3 Å². The molecular weight excluding hydrogens is 223 g/mol. The third kappa shape index (κ3) is 1.36. The Labute approximate surface area is 93.2 Å². The van der Waals surface area contributed by atoms with Crippen LogP contribution < -0.4 is 0 Å². The molecule has 1 aliphatic heterocycles. The van der Waals surface area contributed by atoms with E-state index >= 15 is 0 Å². The molecule has 0 amide bonds. The van der Waals surface area contributed by atoms with Crippen LogP contribution in [-0.4, -0.2) is 5.97 Å². The summed E-state index contributed by atoms with van der Waals surface area (Å²) < 4.78 is 4.91. The second kappa shape index (κ2) is 3.42. The van der Waals surface area contributed by atoms with Gasteiger partial charge >= 0.3 is 5.97 Å². The maximum Gasteiger partial charge on any atom is 0.316 e. The predicted molar refractivity (Wildman–Crippen MR) is 54.9 cm³/mol. The van der Waals surface area contributed by atoms with Crippen LogP contribution in [0, 0.1) is 11.3 Å². The molecule has 0 radical (unpaired) electrons. The number of allylic oxidation sites excluding steroid dienone is 1. The highest BCUT2D eigenvalue weighted by Crippen LogP contribution is 2.52. The zero-order chi connectivity index (χ0) is 10.3. The van der Waals surface area contributed by atoms with Gasteiger partial charge in [0, 0.05) is 5.41 Å². The lowest BCUT2D eigenvalue weighted by Crippen LogP contribution is -2.41. The van der Waals surface area contributed by atoms with Gasteiger partial charge in [-0.3, -0.25) is 4.79 Å². The molecular formula is C10H12Cl2O2. The van der Waals surface area contributed by atoms with Crippen molar-refractivity contribution in [3.8, 4) is 0 Å². The molecule has 2 nitrogen and oxygen atoms in total. The minimum Gasteiger partial charge on any atom is -0.413 e. The van der Waals surface area contributed by atoms with Crippen molar-refractivity contribution in [1.82, 2.24) is 0 Å². The average Bonchev–Trinajstić information content (AvgIpc) is 2.15. The number of ether oxygens (including phenoxy) is 1. The minimum absolute atomic E-state index is 0.0670. The molecule has 2 atom stereocenters. The molecule has 0 N–H and O–H groups in total. The molecule has 1 heterocycles. The van der Waals surface area contributed by atoms with Crippen LogP contribution in [-0.2, 0) is 9.53 Å². The Morgan fingerprint density at radius 3 is 2.86 bits per heavy atom. The van der Waals surface area contributed by atoms with E-state index in [0.29, 0.717) is 5.03 Å². The van der Waals surface area contributed by atoms with Gasteiger partial charge in [-0.15, -0.1) is 0 Å². The monoisotopic (exact) mass is 234 g/mol. The third-order valence-corrected chi connectivity index (χ3v) is 4.32. The van der Waals surface area contributed by atoms with E-state index in [1.54, 1.807) is 0 Å². The third-order valence-electron chi connectivity index (χ3n) is 3.36. The molecule has 1 aliphatic carbocycles. The fraction of sp³-hybridized carbons (Fsp3) is 0.700. The largest absolute Gasteiger partial charge is 0.413 e. The van der Waals surface area contributed by atoms with Gasteiger partial charge in [0.25, 0.3) is 0 Å². The van der Waals surface area contributed by atoms with Gasteiger partial charge in [0.05, 0.1) is 11.0 Å². The van der Waals surface area contributed by atoms with Gasteiger partial charge in [0.1, 0.15) is 0 Å². The summed E-state index contributed by atoms with van der Waals surface area (Å²) >= 11 is 11.9. The standard InChI is InChI=1S/C10H12Cl2O2/c1-10-5-3-2-4-6(10)9(13)14-8(12)7(10)11/h6H,2-5H2,1H3. The van der Waals surface area contributed by atoms with Crippen molar-refractivity contribution < 1.29 is 9.53 Å². The Balaban J connectivity index is 2.43. The van der Waals surface area contributed by atoms with Crippen LogP contribution in [0.25, 0.3) is 0 Å². The fourth-order valence-corrected chi connectivity index (χ4v) is 2.96. The first-order chi connectivity index (χ1) is 6.55. The van der Waals surface area contributed by atoms with Crippen LogP contribution in [0.4, 0.5) is 0 Å². The predicted octanol–water partition coefficient (Wildman–Crippen LogP) is 3.39. The molecule has 2 unspecified atom stereocenters. The highest BCUT2D eigenvalue weighted by atomic mass is 35.5. The molecule has 78 valence electrons. The second-order valence-electron chi connectivity index (χ2n) is 4.22. The molecule has 0 aromatic carbocycles. The van der Waals surface area contributed by atoms with Gasteiger partial charge in [0.2, 0.25) is 5.22 Å². The van der Waals surface area contributed by atoms with Crippen molar-refractivity contribution >= 4 is 29.2 Å². The Morgan fingerprint density at radius 2 is 2.14 bits per heavy atom. The minimum atomic E-state index is -0.285. The summed E-state index contributed by atoms with van der Waals surface area (Å²) in [6.45, 7) is 2.00. The molecule has 0 aromatic rings. The molecule has 0 saturated heterocycles. The lowest BCUT2D eigenvalue weighted by molar-refractivity contribution is -0.151. The van der Waals surface area contributed by atoms with Crippen molar-refractivity contribution in [1.29, 1.82) is 0 Å². The quantitative estimate of drug-likeness (QED) is 0.601. The first-order valence-corrected chi connectivity index (χ1v) is 5.59. The second-order valence-corrected chi connectivity index (χ2v) is 4.95. The molecule has 1 fully saturated rings. The lowest BCUT2D eigenvalue weighted by Gasteiger charge is -2.42. The maximum absolute atomic E-state index is 11.6. The zero-order valence-electron chi connectivity index (χ0n) is 7.98. The Kier molecular flexibility index (Phi) is 2.52. The normalized spacial score (nSPS) is 37.9. The number of esters is 1. The molecule has 2 aliphatic rings. The number of carbonyl (C=O) groups excluding carboxylic acids is 1. The molecule has 0 aromatic heterocycles. The van der Waals surface area contributed by atoms with E-state index in [9.17, 15) is 4.79 Å². The van der Waals surface area contributed by atoms with Crippen LogP contribution in [0.3, 0.4) is 0 Å². The van der Waals surface area contributed by atoms with Gasteiger partial charge < -0.3 is 4.74 Å². The summed E-state index contributed by atoms with van der Waals surface area (Å²) in [6.07, 6.45) is 3.94. The number of hydrogen-bond acceptors (Lipinski definition) is 2. The van der Waals surface area contributed by atoms with Crippen molar-refractivity contribution in [2.75, 3.05) is 0 Å². The van der Waals surface area contributed by atoms with Gasteiger partial charge in [-0.05, 0) is 24.4 Å². The van der Waals surface area contributed by atoms with Crippen LogP contribution in [0.2, 0.25) is 0 Å². The number of rotatable bonds is 0. The number of carbonyl (C=O) groups is 1. The van der Waals surface area contributed by atoms with E-state index in [1.807, 2.05) is 6.92 Å². The van der Waals surface area contributed by atoms with Gasteiger partial charge in [-0.2, -0.15) is 0 Å². The zero-order valence-corrected chi connectivity index (χ0v) is 9.49. The van der Waals surface area contributed by atoms with E-state index < -0.39 is 0 Å². The summed E-state index contributed by atoms with van der Waals surface area (Å²) in [5.74, 6) is -0.326. The van der Waals surface area contributed by atoms with E-state index in [-0.39, 0.29) is 22.5 Å². The first kappa shape index (κ1) is 10.3. The van der Waals surface area contributed by atoms with Crippen molar-refractivity contribution in [2.45, 2.75) is 32.6 Å². The van der Waals surface area contributed by atoms with Crippen molar-refractivity contribution in [3.63, 3.8) is 0 Å². The highest BCUT2D eigenvalue weighted by Gasteiger charge is 2.48. The number of hydrogen-bond donors (Lipinski definition) is 0. The maximum atomic E-state index is 11.6. The summed E-state index contributed by atoms with van der Waals surface area (Å²) in [5, 5.41) is 0.584. The van der Waals surface area contributed by atoms with Gasteiger partial charge in [0.15, 0.2) is 0 Å². The van der Waals surface area contributed by atoms with E-state index in [4.69, 9.17) is 27.9 Å². The molecule has 14 heavy (non-hydrogen) atoms. The molecule has 0 spiro atoms. The molecule has 0 bridgehead atoms. The average molecular weight is 235 g/mol. The van der Waals surface area contributed by atoms with Crippen LogP contribution >= 0.6 is 23.2 Å². The van der Waals surface area contributed by atoms with Crippen LogP contribution in [0.15, 0.2) is 10.3 Å². The Hall–Kier alpha value is -0.210. The summed E-state index contributed by atoms with van der Waals surface area (Å²) in [6, 6.07) is 0. The van der Waals surface area contributed by atoms with E-state index in [0.717, 1.165) is 25.7 Å². The molecule has 2 rings (SSSR count). The summed E-state index contributed by atoms with van der Waals surface area (Å²) in [5.41, 5.74) is -0.285. The Morgan fingerprint density at radius 1 is 1.43 bits per heavy atom. The highest BCUT2D eigenvalue weighted by molar-refractivity contribution is 6.39. The Bertz CT molecular complexity index is 311. The number of cyclic esters (lactones) is 1. The van der Waals surface area contributed by atoms with Crippen LogP contribution in [0.5, 0.6) is 0 Å². The lowest BCUT2D eigenvalue weighted by atomic mass is 9.66. The molecule has 4 heteroatoms. The summed E-state index contributed by atoms with van der Waals surface area (Å²) in [7, 11) is 0. The number of halogens is 2.